The van der Waals surface area contributed by atoms with E-state index in [2.05, 4.69) is 13.0 Å². The zero-order valence-electron chi connectivity index (χ0n) is 9.12. The lowest BCUT2D eigenvalue weighted by Crippen LogP contribution is -1.98. The summed E-state index contributed by atoms with van der Waals surface area (Å²) in [6.07, 6.45) is 1.35. The van der Waals surface area contributed by atoms with Crippen LogP contribution in [0.25, 0.3) is 0 Å². The van der Waals surface area contributed by atoms with Crippen LogP contribution in [-0.4, -0.2) is 13.7 Å². The summed E-state index contributed by atoms with van der Waals surface area (Å²) < 4.78 is 10.7. The monoisotopic (exact) mass is 205 g/mol. The Labute approximate surface area is 90.2 Å². The Morgan fingerprint density at radius 3 is 2.73 bits per heavy atom. The van der Waals surface area contributed by atoms with Crippen LogP contribution in [0.3, 0.4) is 0 Å². The molecule has 0 saturated heterocycles. The molecule has 0 amide bonds. The first-order valence-corrected chi connectivity index (χ1v) is 4.98. The standard InChI is InChI=1S/C12H15NO2/c1-3-8-15-11-5-4-10(6-7-13)9-12(11)14-2/h4-5,9H,3,6,8H2,1-2H3. The van der Waals surface area contributed by atoms with Crippen molar-refractivity contribution in [3.8, 4) is 17.6 Å². The Morgan fingerprint density at radius 1 is 1.33 bits per heavy atom. The van der Waals surface area contributed by atoms with Gasteiger partial charge in [-0.3, -0.25) is 0 Å². The topological polar surface area (TPSA) is 42.2 Å². The summed E-state index contributed by atoms with van der Waals surface area (Å²) in [5, 5.41) is 8.57. The Bertz CT molecular complexity index is 355. The van der Waals surface area contributed by atoms with E-state index in [1.807, 2.05) is 18.2 Å². The lowest BCUT2D eigenvalue weighted by atomic mass is 10.1. The van der Waals surface area contributed by atoms with Gasteiger partial charge in [-0.1, -0.05) is 13.0 Å². The van der Waals surface area contributed by atoms with Gasteiger partial charge in [-0.25, -0.2) is 0 Å². The van der Waals surface area contributed by atoms with Crippen molar-refractivity contribution < 1.29 is 9.47 Å². The lowest BCUT2D eigenvalue weighted by molar-refractivity contribution is 0.294. The first kappa shape index (κ1) is 11.4. The van der Waals surface area contributed by atoms with Crippen molar-refractivity contribution in [1.29, 1.82) is 5.26 Å². The molecule has 0 radical (unpaired) electrons. The molecule has 1 aromatic carbocycles. The Morgan fingerprint density at radius 2 is 2.13 bits per heavy atom. The summed E-state index contributed by atoms with van der Waals surface area (Å²) in [6.45, 7) is 2.73. The van der Waals surface area contributed by atoms with E-state index in [0.717, 1.165) is 17.7 Å². The van der Waals surface area contributed by atoms with E-state index in [1.54, 1.807) is 7.11 Å². The molecule has 0 heterocycles. The summed E-state index contributed by atoms with van der Waals surface area (Å²) in [5.74, 6) is 1.43. The molecule has 3 heteroatoms. The number of methoxy groups -OCH3 is 1. The van der Waals surface area contributed by atoms with Gasteiger partial charge in [-0.05, 0) is 24.1 Å². The molecule has 0 saturated carbocycles. The molecule has 0 fully saturated rings. The third-order valence-electron chi connectivity index (χ3n) is 1.97. The van der Waals surface area contributed by atoms with Gasteiger partial charge in [0, 0.05) is 0 Å². The van der Waals surface area contributed by atoms with Crippen molar-refractivity contribution >= 4 is 0 Å². The number of hydrogen-bond donors (Lipinski definition) is 0. The van der Waals surface area contributed by atoms with Crippen molar-refractivity contribution in [2.24, 2.45) is 0 Å². The normalized spacial score (nSPS) is 9.40. The molecule has 3 nitrogen and oxygen atoms in total. The molecule has 0 N–H and O–H groups in total. The Kier molecular flexibility index (Phi) is 4.49. The largest absolute Gasteiger partial charge is 0.493 e. The highest BCUT2D eigenvalue weighted by Gasteiger charge is 2.04. The number of nitrogens with zero attached hydrogens (tertiary/aromatic N) is 1. The Hall–Kier alpha value is -1.69. The lowest BCUT2D eigenvalue weighted by Gasteiger charge is -2.10. The highest BCUT2D eigenvalue weighted by atomic mass is 16.5. The van der Waals surface area contributed by atoms with E-state index >= 15 is 0 Å². The molecule has 0 spiro atoms. The predicted octanol–water partition coefficient (Wildman–Crippen LogP) is 2.55. The summed E-state index contributed by atoms with van der Waals surface area (Å²) in [7, 11) is 1.60. The minimum Gasteiger partial charge on any atom is -0.493 e. The van der Waals surface area contributed by atoms with Crippen molar-refractivity contribution in [3.63, 3.8) is 0 Å². The van der Waals surface area contributed by atoms with E-state index in [0.29, 0.717) is 18.8 Å². The van der Waals surface area contributed by atoms with Crippen LogP contribution in [0.5, 0.6) is 11.5 Å². The molecule has 1 aromatic rings. The van der Waals surface area contributed by atoms with Crippen molar-refractivity contribution in [2.75, 3.05) is 13.7 Å². The Balaban J connectivity index is 2.84. The fraction of sp³-hybridized carbons (Fsp3) is 0.417. The quantitative estimate of drug-likeness (QED) is 0.741. The summed E-state index contributed by atoms with van der Waals surface area (Å²) in [6, 6.07) is 7.68. The van der Waals surface area contributed by atoms with Crippen LogP contribution >= 0.6 is 0 Å². The molecule has 0 aromatic heterocycles. The molecule has 0 aliphatic heterocycles. The first-order chi connectivity index (χ1) is 7.31. The number of nitriles is 1. The van der Waals surface area contributed by atoms with Crippen LogP contribution in [-0.2, 0) is 6.42 Å². The first-order valence-electron chi connectivity index (χ1n) is 4.98. The number of benzene rings is 1. The molecule has 0 aliphatic rings. The van der Waals surface area contributed by atoms with Crippen molar-refractivity contribution in [1.82, 2.24) is 0 Å². The van der Waals surface area contributed by atoms with E-state index < -0.39 is 0 Å². The third kappa shape index (κ3) is 3.17. The van der Waals surface area contributed by atoms with E-state index in [-0.39, 0.29) is 0 Å². The van der Waals surface area contributed by atoms with Gasteiger partial charge in [0.2, 0.25) is 0 Å². The minimum absolute atomic E-state index is 0.393. The zero-order valence-corrected chi connectivity index (χ0v) is 9.12. The highest BCUT2D eigenvalue weighted by Crippen LogP contribution is 2.28. The van der Waals surface area contributed by atoms with Crippen LogP contribution in [0, 0.1) is 11.3 Å². The van der Waals surface area contributed by atoms with Gasteiger partial charge in [-0.2, -0.15) is 5.26 Å². The van der Waals surface area contributed by atoms with Crippen LogP contribution < -0.4 is 9.47 Å². The number of ether oxygens (including phenoxy) is 2. The maximum atomic E-state index is 8.57. The summed E-state index contributed by atoms with van der Waals surface area (Å²) in [4.78, 5) is 0. The highest BCUT2D eigenvalue weighted by molar-refractivity contribution is 5.43. The molecular formula is C12H15NO2. The molecule has 0 unspecified atom stereocenters. The van der Waals surface area contributed by atoms with E-state index in [4.69, 9.17) is 14.7 Å². The maximum absolute atomic E-state index is 8.57. The molecule has 0 aliphatic carbocycles. The average Bonchev–Trinajstić information content (AvgIpc) is 2.27. The molecule has 80 valence electrons. The SMILES string of the molecule is CCCOc1ccc(CC#N)cc1OC. The van der Waals surface area contributed by atoms with Gasteiger partial charge in [0.1, 0.15) is 0 Å². The third-order valence-corrected chi connectivity index (χ3v) is 1.97. The van der Waals surface area contributed by atoms with Gasteiger partial charge in [0.25, 0.3) is 0 Å². The van der Waals surface area contributed by atoms with Gasteiger partial charge >= 0.3 is 0 Å². The maximum Gasteiger partial charge on any atom is 0.161 e. The summed E-state index contributed by atoms with van der Waals surface area (Å²) in [5.41, 5.74) is 0.943. The van der Waals surface area contributed by atoms with Gasteiger partial charge in [0.05, 0.1) is 26.2 Å². The van der Waals surface area contributed by atoms with Gasteiger partial charge in [0.15, 0.2) is 11.5 Å². The number of hydrogen-bond acceptors (Lipinski definition) is 3. The average molecular weight is 205 g/mol. The molecule has 0 bridgehead atoms. The van der Waals surface area contributed by atoms with Crippen LogP contribution in [0.15, 0.2) is 18.2 Å². The predicted molar refractivity (Wildman–Crippen MR) is 58.1 cm³/mol. The summed E-state index contributed by atoms with van der Waals surface area (Å²) >= 11 is 0. The number of rotatable bonds is 5. The molecule has 15 heavy (non-hydrogen) atoms. The fourth-order valence-corrected chi connectivity index (χ4v) is 1.24. The second-order valence-electron chi connectivity index (χ2n) is 3.17. The van der Waals surface area contributed by atoms with Gasteiger partial charge < -0.3 is 9.47 Å². The minimum atomic E-state index is 0.393. The van der Waals surface area contributed by atoms with Crippen molar-refractivity contribution in [2.45, 2.75) is 19.8 Å². The molecular weight excluding hydrogens is 190 g/mol. The fourth-order valence-electron chi connectivity index (χ4n) is 1.24. The van der Waals surface area contributed by atoms with Gasteiger partial charge in [-0.15, -0.1) is 0 Å². The van der Waals surface area contributed by atoms with Crippen molar-refractivity contribution in [3.05, 3.63) is 23.8 Å². The second-order valence-corrected chi connectivity index (χ2v) is 3.17. The molecule has 0 atom stereocenters. The van der Waals surface area contributed by atoms with Crippen LogP contribution in [0.4, 0.5) is 0 Å². The zero-order chi connectivity index (χ0) is 11.1. The van der Waals surface area contributed by atoms with Crippen LogP contribution in [0.1, 0.15) is 18.9 Å². The molecule has 1 rings (SSSR count). The van der Waals surface area contributed by atoms with E-state index in [1.165, 1.54) is 0 Å². The second kappa shape index (κ2) is 5.92. The van der Waals surface area contributed by atoms with E-state index in [9.17, 15) is 0 Å². The van der Waals surface area contributed by atoms with Crippen LogP contribution in [0.2, 0.25) is 0 Å². The smallest absolute Gasteiger partial charge is 0.161 e.